The Balaban J connectivity index is 2.01. The third-order valence-corrected chi connectivity index (χ3v) is 3.70. The molecule has 1 saturated carbocycles. The first kappa shape index (κ1) is 12.4. The number of carboxylic acid groups (broad SMARTS) is 1. The minimum atomic E-state index is -1.05. The highest BCUT2D eigenvalue weighted by Gasteiger charge is 2.42. The number of carbonyl (C=O) groups excluding carboxylic acids is 1. The number of aliphatic carboxylic acids is 1. The molecule has 0 aromatic heterocycles. The number of ether oxygens (including phenoxy) is 1. The summed E-state index contributed by atoms with van der Waals surface area (Å²) in [6.45, 7) is 0.595. The van der Waals surface area contributed by atoms with E-state index in [9.17, 15) is 14.7 Å². The summed E-state index contributed by atoms with van der Waals surface area (Å²) in [6.07, 6.45) is 4.94. The van der Waals surface area contributed by atoms with E-state index in [0.717, 1.165) is 25.7 Å². The van der Waals surface area contributed by atoms with Crippen LogP contribution in [-0.2, 0) is 14.3 Å². The van der Waals surface area contributed by atoms with Crippen LogP contribution in [0, 0.1) is 0 Å². The zero-order valence-corrected chi connectivity index (χ0v) is 9.91. The second-order valence-electron chi connectivity index (χ2n) is 4.94. The smallest absolute Gasteiger partial charge is 0.329 e. The Kier molecular flexibility index (Phi) is 3.66. The minimum Gasteiger partial charge on any atom is -0.480 e. The van der Waals surface area contributed by atoms with Gasteiger partial charge in [0, 0.05) is 6.61 Å². The van der Waals surface area contributed by atoms with Crippen LogP contribution in [0.1, 0.15) is 44.9 Å². The highest BCUT2D eigenvalue weighted by atomic mass is 16.5. The van der Waals surface area contributed by atoms with Crippen LogP contribution in [0.15, 0.2) is 0 Å². The summed E-state index contributed by atoms with van der Waals surface area (Å²) in [4.78, 5) is 23.3. The van der Waals surface area contributed by atoms with Crippen LogP contribution in [0.2, 0.25) is 0 Å². The van der Waals surface area contributed by atoms with E-state index >= 15 is 0 Å². The lowest BCUT2D eigenvalue weighted by atomic mass is 9.81. The van der Waals surface area contributed by atoms with E-state index in [1.165, 1.54) is 0 Å². The molecule has 0 spiro atoms. The topological polar surface area (TPSA) is 75.6 Å². The van der Waals surface area contributed by atoms with Crippen LogP contribution in [0.3, 0.4) is 0 Å². The van der Waals surface area contributed by atoms with Crippen molar-refractivity contribution in [2.45, 2.75) is 56.6 Å². The molecule has 0 radical (unpaired) electrons. The maximum absolute atomic E-state index is 11.9. The van der Waals surface area contributed by atoms with Crippen molar-refractivity contribution in [1.29, 1.82) is 0 Å². The monoisotopic (exact) mass is 241 g/mol. The van der Waals surface area contributed by atoms with Crippen molar-refractivity contribution in [2.75, 3.05) is 6.61 Å². The van der Waals surface area contributed by atoms with Gasteiger partial charge in [-0.05, 0) is 25.7 Å². The summed E-state index contributed by atoms with van der Waals surface area (Å²) < 4.78 is 5.28. The molecule has 2 fully saturated rings. The van der Waals surface area contributed by atoms with E-state index in [1.807, 2.05) is 0 Å². The van der Waals surface area contributed by atoms with E-state index in [-0.39, 0.29) is 5.91 Å². The zero-order valence-electron chi connectivity index (χ0n) is 9.91. The molecule has 5 nitrogen and oxygen atoms in total. The second kappa shape index (κ2) is 5.04. The van der Waals surface area contributed by atoms with Gasteiger partial charge in [-0.15, -0.1) is 0 Å². The molecule has 0 aromatic rings. The Bertz CT molecular complexity index is 304. The molecule has 0 unspecified atom stereocenters. The second-order valence-corrected chi connectivity index (χ2v) is 4.94. The van der Waals surface area contributed by atoms with Crippen molar-refractivity contribution in [3.05, 3.63) is 0 Å². The molecule has 0 aromatic carbocycles. The molecule has 5 heteroatoms. The average molecular weight is 241 g/mol. The predicted octanol–water partition coefficient (Wildman–Crippen LogP) is 1.07. The van der Waals surface area contributed by atoms with E-state index in [1.54, 1.807) is 0 Å². The molecule has 2 aliphatic rings. The zero-order chi connectivity index (χ0) is 12.3. The fourth-order valence-electron chi connectivity index (χ4n) is 2.65. The molecule has 17 heavy (non-hydrogen) atoms. The van der Waals surface area contributed by atoms with Crippen molar-refractivity contribution >= 4 is 11.9 Å². The van der Waals surface area contributed by atoms with E-state index in [0.29, 0.717) is 25.9 Å². The number of nitrogens with one attached hydrogen (secondary N) is 1. The third kappa shape index (κ3) is 2.60. The molecule has 96 valence electrons. The van der Waals surface area contributed by atoms with Gasteiger partial charge in [-0.25, -0.2) is 4.79 Å². The summed E-state index contributed by atoms with van der Waals surface area (Å²) in [5, 5.41) is 12.0. The molecule has 2 N–H and O–H groups in total. The Hall–Kier alpha value is -1.10. The lowest BCUT2D eigenvalue weighted by Crippen LogP contribution is -2.57. The molecule has 1 aliphatic heterocycles. The van der Waals surface area contributed by atoms with E-state index in [4.69, 9.17) is 4.74 Å². The maximum Gasteiger partial charge on any atom is 0.329 e. The standard InChI is InChI=1S/C12H19NO4/c14-10(9-5-4-8-17-9)13-12(11(15)16)6-2-1-3-7-12/h9H,1-8H2,(H,13,14)(H,15,16)/t9-/m0/s1. The van der Waals surface area contributed by atoms with Gasteiger partial charge in [-0.3, -0.25) is 4.79 Å². The van der Waals surface area contributed by atoms with Crippen LogP contribution in [0.4, 0.5) is 0 Å². The summed E-state index contributed by atoms with van der Waals surface area (Å²) >= 11 is 0. The molecular formula is C12H19NO4. The molecule has 1 aliphatic carbocycles. The van der Waals surface area contributed by atoms with Gasteiger partial charge < -0.3 is 15.2 Å². The van der Waals surface area contributed by atoms with Gasteiger partial charge in [0.05, 0.1) is 0 Å². The van der Waals surface area contributed by atoms with E-state index in [2.05, 4.69) is 5.32 Å². The predicted molar refractivity (Wildman–Crippen MR) is 60.6 cm³/mol. The van der Waals surface area contributed by atoms with Gasteiger partial charge in [-0.2, -0.15) is 0 Å². The summed E-state index contributed by atoms with van der Waals surface area (Å²) in [6, 6.07) is 0. The van der Waals surface area contributed by atoms with Gasteiger partial charge >= 0.3 is 5.97 Å². The lowest BCUT2D eigenvalue weighted by molar-refractivity contribution is -0.151. The summed E-state index contributed by atoms with van der Waals surface area (Å²) in [5.41, 5.74) is -1.05. The van der Waals surface area contributed by atoms with Crippen LogP contribution in [0.5, 0.6) is 0 Å². The quantitative estimate of drug-likeness (QED) is 0.775. The first-order valence-corrected chi connectivity index (χ1v) is 6.31. The number of hydrogen-bond donors (Lipinski definition) is 2. The Morgan fingerprint density at radius 1 is 1.18 bits per heavy atom. The lowest BCUT2D eigenvalue weighted by Gasteiger charge is -2.34. The van der Waals surface area contributed by atoms with Crippen molar-refractivity contribution in [1.82, 2.24) is 5.32 Å². The number of amides is 1. The number of carbonyl (C=O) groups is 2. The molecule has 1 heterocycles. The van der Waals surface area contributed by atoms with Gasteiger partial charge in [-0.1, -0.05) is 19.3 Å². The molecule has 1 atom stereocenters. The molecule has 1 amide bonds. The van der Waals surface area contributed by atoms with Crippen LogP contribution < -0.4 is 5.32 Å². The summed E-state index contributed by atoms with van der Waals surface area (Å²) in [5.74, 6) is -1.17. The third-order valence-electron chi connectivity index (χ3n) is 3.70. The highest BCUT2D eigenvalue weighted by molar-refractivity contribution is 5.89. The van der Waals surface area contributed by atoms with Gasteiger partial charge in [0.1, 0.15) is 11.6 Å². The van der Waals surface area contributed by atoms with Crippen molar-refractivity contribution < 1.29 is 19.4 Å². The van der Waals surface area contributed by atoms with Crippen LogP contribution in [0.25, 0.3) is 0 Å². The SMILES string of the molecule is O=C(NC1(C(=O)O)CCCCC1)[C@@H]1CCCO1. The van der Waals surface area contributed by atoms with Gasteiger partial charge in [0.25, 0.3) is 0 Å². The minimum absolute atomic E-state index is 0.258. The van der Waals surface area contributed by atoms with Crippen molar-refractivity contribution in [3.63, 3.8) is 0 Å². The number of rotatable bonds is 3. The molecule has 1 saturated heterocycles. The highest BCUT2D eigenvalue weighted by Crippen LogP contribution is 2.29. The Morgan fingerprint density at radius 2 is 1.88 bits per heavy atom. The summed E-state index contributed by atoms with van der Waals surface area (Å²) in [7, 11) is 0. The first-order valence-electron chi connectivity index (χ1n) is 6.31. The molecular weight excluding hydrogens is 222 g/mol. The van der Waals surface area contributed by atoms with Gasteiger partial charge in [0.15, 0.2) is 0 Å². The van der Waals surface area contributed by atoms with Gasteiger partial charge in [0.2, 0.25) is 5.91 Å². The van der Waals surface area contributed by atoms with Crippen LogP contribution >= 0.6 is 0 Å². The fourth-order valence-corrected chi connectivity index (χ4v) is 2.65. The largest absolute Gasteiger partial charge is 0.480 e. The average Bonchev–Trinajstić information content (AvgIpc) is 2.83. The maximum atomic E-state index is 11.9. The Morgan fingerprint density at radius 3 is 2.41 bits per heavy atom. The number of hydrogen-bond acceptors (Lipinski definition) is 3. The normalized spacial score (nSPS) is 27.6. The van der Waals surface area contributed by atoms with Crippen molar-refractivity contribution in [2.24, 2.45) is 0 Å². The Labute approximate surface area is 101 Å². The van der Waals surface area contributed by atoms with Crippen LogP contribution in [-0.4, -0.2) is 35.2 Å². The van der Waals surface area contributed by atoms with E-state index < -0.39 is 17.6 Å². The fraction of sp³-hybridized carbons (Fsp3) is 0.833. The molecule has 0 bridgehead atoms. The first-order chi connectivity index (χ1) is 8.14. The van der Waals surface area contributed by atoms with Crippen molar-refractivity contribution in [3.8, 4) is 0 Å². The molecule has 2 rings (SSSR count). The number of carboxylic acids is 1.